The Balaban J connectivity index is 1.63. The molecule has 2 heterocycles. The van der Waals surface area contributed by atoms with E-state index < -0.39 is 5.60 Å². The fourth-order valence-electron chi connectivity index (χ4n) is 2.71. The third-order valence-electron chi connectivity index (χ3n) is 3.87. The van der Waals surface area contributed by atoms with Crippen LogP contribution in [0.15, 0.2) is 49.6 Å². The van der Waals surface area contributed by atoms with Crippen molar-refractivity contribution in [2.75, 3.05) is 0 Å². The van der Waals surface area contributed by atoms with Crippen LogP contribution in [-0.4, -0.2) is 40.2 Å². The topological polar surface area (TPSA) is 81.6 Å². The third-order valence-corrected chi connectivity index (χ3v) is 4.12. The maximum atomic E-state index is 11.1. The van der Waals surface area contributed by atoms with Crippen molar-refractivity contribution in [3.05, 3.63) is 60.2 Å². The molecule has 0 saturated carbocycles. The molecule has 126 valence electrons. The summed E-state index contributed by atoms with van der Waals surface area (Å²) in [5.41, 5.74) is 0.219. The summed E-state index contributed by atoms with van der Waals surface area (Å²) in [5, 5.41) is 20.0. The summed E-state index contributed by atoms with van der Waals surface area (Å²) in [6.07, 6.45) is 8.44. The zero-order chi connectivity index (χ0) is 16.8. The van der Waals surface area contributed by atoms with Crippen molar-refractivity contribution < 1.29 is 5.11 Å². The lowest BCUT2D eigenvalue weighted by molar-refractivity contribution is -0.00979. The van der Waals surface area contributed by atoms with Gasteiger partial charge in [0.05, 0.1) is 13.1 Å². The molecule has 0 bridgehead atoms. The van der Waals surface area contributed by atoms with Gasteiger partial charge in [0.15, 0.2) is 0 Å². The predicted octanol–water partition coefficient (Wildman–Crippen LogP) is 1.98. The minimum Gasteiger partial charge on any atom is -0.386 e. The molecule has 0 aliphatic heterocycles. The van der Waals surface area contributed by atoms with Gasteiger partial charge < -0.3 is 5.11 Å². The molecule has 0 unspecified atom stereocenters. The lowest BCUT2D eigenvalue weighted by atomic mass is 9.95. The Bertz CT molecular complexity index is 690. The Morgan fingerprint density at radius 3 is 2.04 bits per heavy atom. The van der Waals surface area contributed by atoms with Gasteiger partial charge in [-0.05, 0) is 37.0 Å². The van der Waals surface area contributed by atoms with E-state index in [0.29, 0.717) is 19.5 Å². The number of aryl methyl sites for hydroxylation is 1. The first kappa shape index (κ1) is 16.6. The van der Waals surface area contributed by atoms with Crippen LogP contribution in [-0.2, 0) is 19.5 Å². The molecule has 1 N–H and O–H groups in total. The van der Waals surface area contributed by atoms with Gasteiger partial charge in [-0.2, -0.15) is 10.2 Å². The predicted molar refractivity (Wildman–Crippen MR) is 89.4 cm³/mol. The number of benzene rings is 1. The fourth-order valence-corrected chi connectivity index (χ4v) is 2.84. The normalized spacial score (nSPS) is 11.8. The molecular formula is C16H19ClN6O. The molecule has 0 aliphatic carbocycles. The minimum atomic E-state index is -0.978. The summed E-state index contributed by atoms with van der Waals surface area (Å²) in [4.78, 5) is 7.87. The average Bonchev–Trinajstić information content (AvgIpc) is 3.23. The van der Waals surface area contributed by atoms with E-state index in [9.17, 15) is 5.11 Å². The first-order valence-corrected chi connectivity index (χ1v) is 8.12. The van der Waals surface area contributed by atoms with Gasteiger partial charge in [0.1, 0.15) is 30.9 Å². The van der Waals surface area contributed by atoms with Crippen LogP contribution < -0.4 is 0 Å². The minimum absolute atomic E-state index is 0.355. The van der Waals surface area contributed by atoms with Crippen molar-refractivity contribution in [2.45, 2.75) is 38.0 Å². The van der Waals surface area contributed by atoms with Crippen LogP contribution in [0.1, 0.15) is 18.4 Å². The van der Waals surface area contributed by atoms with Gasteiger partial charge in [0, 0.05) is 5.02 Å². The summed E-state index contributed by atoms with van der Waals surface area (Å²) in [5.74, 6) is 0. The van der Waals surface area contributed by atoms with Crippen molar-refractivity contribution in [2.24, 2.45) is 0 Å². The van der Waals surface area contributed by atoms with Crippen LogP contribution in [0.2, 0.25) is 5.02 Å². The van der Waals surface area contributed by atoms with Crippen LogP contribution in [0.25, 0.3) is 0 Å². The number of nitrogens with zero attached hydrogens (tertiary/aromatic N) is 6. The summed E-state index contributed by atoms with van der Waals surface area (Å²) in [7, 11) is 0. The van der Waals surface area contributed by atoms with E-state index in [2.05, 4.69) is 20.2 Å². The molecule has 7 nitrogen and oxygen atoms in total. The second-order valence-electron chi connectivity index (χ2n) is 5.89. The second-order valence-corrected chi connectivity index (χ2v) is 6.33. The van der Waals surface area contributed by atoms with E-state index in [1.165, 1.54) is 18.2 Å². The van der Waals surface area contributed by atoms with E-state index in [0.717, 1.165) is 17.9 Å². The molecule has 24 heavy (non-hydrogen) atoms. The zero-order valence-electron chi connectivity index (χ0n) is 13.2. The summed E-state index contributed by atoms with van der Waals surface area (Å²) in [6.45, 7) is 0.709. The van der Waals surface area contributed by atoms with Gasteiger partial charge in [-0.3, -0.25) is 9.36 Å². The third kappa shape index (κ3) is 4.62. The van der Waals surface area contributed by atoms with Crippen LogP contribution >= 0.6 is 11.6 Å². The molecular weight excluding hydrogens is 328 g/mol. The van der Waals surface area contributed by atoms with E-state index in [1.807, 2.05) is 24.3 Å². The maximum absolute atomic E-state index is 11.1. The van der Waals surface area contributed by atoms with Crippen LogP contribution in [0.5, 0.6) is 0 Å². The summed E-state index contributed by atoms with van der Waals surface area (Å²) < 4.78 is 3.28. The highest BCUT2D eigenvalue weighted by Crippen LogP contribution is 2.20. The largest absolute Gasteiger partial charge is 0.386 e. The second kappa shape index (κ2) is 7.55. The Morgan fingerprint density at radius 1 is 0.958 bits per heavy atom. The standard InChI is InChI=1S/C16H19ClN6O/c17-15-5-3-14(4-6-15)2-1-7-16(24,8-22-12-18-10-20-22)9-23-13-19-11-21-23/h3-6,10-13,24H,1-2,7-9H2. The van der Waals surface area contributed by atoms with Crippen LogP contribution in [0, 0.1) is 0 Å². The van der Waals surface area contributed by atoms with Crippen molar-refractivity contribution in [3.8, 4) is 0 Å². The summed E-state index contributed by atoms with van der Waals surface area (Å²) in [6, 6.07) is 7.79. The first-order valence-electron chi connectivity index (χ1n) is 7.75. The van der Waals surface area contributed by atoms with Gasteiger partial charge in [0.25, 0.3) is 0 Å². The molecule has 0 radical (unpaired) electrons. The summed E-state index contributed by atoms with van der Waals surface area (Å²) >= 11 is 5.91. The average molecular weight is 347 g/mol. The van der Waals surface area contributed by atoms with Crippen molar-refractivity contribution >= 4 is 11.6 Å². The van der Waals surface area contributed by atoms with Gasteiger partial charge in [-0.15, -0.1) is 0 Å². The van der Waals surface area contributed by atoms with E-state index >= 15 is 0 Å². The number of hydrogen-bond acceptors (Lipinski definition) is 5. The zero-order valence-corrected chi connectivity index (χ0v) is 13.9. The van der Waals surface area contributed by atoms with Crippen molar-refractivity contribution in [1.29, 1.82) is 0 Å². The van der Waals surface area contributed by atoms with Gasteiger partial charge in [-0.1, -0.05) is 23.7 Å². The molecule has 0 fully saturated rings. The lowest BCUT2D eigenvalue weighted by Gasteiger charge is -2.27. The first-order chi connectivity index (χ1) is 11.6. The van der Waals surface area contributed by atoms with Crippen LogP contribution in [0.4, 0.5) is 0 Å². The smallest absolute Gasteiger partial charge is 0.137 e. The van der Waals surface area contributed by atoms with Gasteiger partial charge >= 0.3 is 0 Å². The quantitative estimate of drug-likeness (QED) is 0.674. The Hall–Kier alpha value is -2.25. The van der Waals surface area contributed by atoms with E-state index in [1.54, 1.807) is 22.0 Å². The molecule has 3 rings (SSSR count). The Kier molecular flexibility index (Phi) is 5.22. The highest BCUT2D eigenvalue weighted by Gasteiger charge is 2.28. The number of aromatic nitrogens is 6. The molecule has 0 aliphatic rings. The van der Waals surface area contributed by atoms with Crippen molar-refractivity contribution in [3.63, 3.8) is 0 Å². The molecule has 0 spiro atoms. The van der Waals surface area contributed by atoms with Crippen molar-refractivity contribution in [1.82, 2.24) is 29.5 Å². The van der Waals surface area contributed by atoms with E-state index in [4.69, 9.17) is 11.6 Å². The Labute approximate surface area is 144 Å². The molecule has 2 aromatic heterocycles. The Morgan fingerprint density at radius 2 is 1.54 bits per heavy atom. The number of rotatable bonds is 8. The molecule has 0 amide bonds. The number of hydrogen-bond donors (Lipinski definition) is 1. The molecule has 3 aromatic rings. The van der Waals surface area contributed by atoms with E-state index in [-0.39, 0.29) is 0 Å². The molecule has 8 heteroatoms. The molecule has 0 saturated heterocycles. The number of halogens is 1. The monoisotopic (exact) mass is 346 g/mol. The van der Waals surface area contributed by atoms with Crippen LogP contribution in [0.3, 0.4) is 0 Å². The lowest BCUT2D eigenvalue weighted by Crippen LogP contribution is -2.39. The number of aliphatic hydroxyl groups is 1. The molecule has 1 aromatic carbocycles. The fraction of sp³-hybridized carbons (Fsp3) is 0.375. The highest BCUT2D eigenvalue weighted by atomic mass is 35.5. The van der Waals surface area contributed by atoms with Gasteiger partial charge in [-0.25, -0.2) is 9.97 Å². The van der Waals surface area contributed by atoms with Gasteiger partial charge in [0.2, 0.25) is 0 Å². The highest BCUT2D eigenvalue weighted by molar-refractivity contribution is 6.30. The maximum Gasteiger partial charge on any atom is 0.137 e. The SMILES string of the molecule is OC(CCCc1ccc(Cl)cc1)(Cn1cncn1)Cn1cncn1. The molecule has 0 atom stereocenters.